The van der Waals surface area contributed by atoms with Crippen LogP contribution in [0.25, 0.3) is 5.70 Å². The van der Waals surface area contributed by atoms with Gasteiger partial charge < -0.3 is 4.90 Å². The predicted molar refractivity (Wildman–Crippen MR) is 71.6 cm³/mol. The fourth-order valence-corrected chi connectivity index (χ4v) is 2.17. The quantitative estimate of drug-likeness (QED) is 0.657. The zero-order valence-electron chi connectivity index (χ0n) is 9.37. The normalized spacial score (nSPS) is 15.0. The van der Waals surface area contributed by atoms with Gasteiger partial charge in [0.25, 0.3) is 0 Å². The van der Waals surface area contributed by atoms with Gasteiger partial charge in [0.15, 0.2) is 0 Å². The van der Waals surface area contributed by atoms with E-state index in [0.717, 1.165) is 21.4 Å². The maximum Gasteiger partial charge on any atom is 0.00850 e. The van der Waals surface area contributed by atoms with E-state index in [0.29, 0.717) is 5.03 Å². The van der Waals surface area contributed by atoms with Gasteiger partial charge in [0.2, 0.25) is 0 Å². The van der Waals surface area contributed by atoms with Crippen molar-refractivity contribution in [2.45, 2.75) is 0 Å². The largest absolute Gasteiger partial charge is 0.377 e. The van der Waals surface area contributed by atoms with Gasteiger partial charge in [-0.2, -0.15) is 23.8 Å². The molecule has 85 valence electrons. The summed E-state index contributed by atoms with van der Waals surface area (Å²) < 4.78 is 1.03. The van der Waals surface area contributed by atoms with Gasteiger partial charge in [-0.3, -0.25) is 0 Å². The van der Waals surface area contributed by atoms with Crippen molar-refractivity contribution in [3.63, 3.8) is 0 Å². The van der Waals surface area contributed by atoms with Crippen LogP contribution in [0.5, 0.6) is 0 Å². The molecule has 1 radical (unpaired) electrons. The first-order valence-electron chi connectivity index (χ1n) is 4.78. The number of allylic oxidation sites excluding steroid dienone is 3. The van der Waals surface area contributed by atoms with Gasteiger partial charge in [-0.25, -0.2) is 0 Å². The summed E-state index contributed by atoms with van der Waals surface area (Å²) in [6, 6.07) is 8.00. The monoisotopic (exact) mass is 383 g/mol. The molecule has 1 aliphatic heterocycles. The Morgan fingerprint density at radius 2 is 2.00 bits per heavy atom. The average Bonchev–Trinajstić information content (AvgIpc) is 2.28. The zero-order chi connectivity index (χ0) is 11.7. The van der Waals surface area contributed by atoms with Gasteiger partial charge in [-0.05, 0) is 15.2 Å². The molecule has 0 aromatic heterocycles. The smallest absolute Gasteiger partial charge is 0.00850 e. The van der Waals surface area contributed by atoms with Crippen molar-refractivity contribution in [3.8, 4) is 0 Å². The van der Waals surface area contributed by atoms with E-state index in [1.54, 1.807) is 6.08 Å². The Balaban J connectivity index is 0.00000144. The summed E-state index contributed by atoms with van der Waals surface area (Å²) in [5, 5.41) is 0.623. The van der Waals surface area contributed by atoms with Gasteiger partial charge in [-0.15, -0.1) is 6.07 Å². The molecule has 4 heteroatoms. The van der Waals surface area contributed by atoms with Crippen molar-refractivity contribution in [2.75, 3.05) is 7.05 Å². The van der Waals surface area contributed by atoms with E-state index in [1.165, 1.54) is 0 Å². The number of hydrogen-bond acceptors (Lipinski definition) is 1. The summed E-state index contributed by atoms with van der Waals surface area (Å²) in [6.45, 7) is 3.93. The number of nitrogens with zero attached hydrogens (tertiary/aromatic N) is 1. The van der Waals surface area contributed by atoms with E-state index in [-0.39, 0.29) is 32.7 Å². The topological polar surface area (TPSA) is 3.24 Å². The molecule has 0 atom stereocenters. The second-order valence-electron chi connectivity index (χ2n) is 3.47. The standard InChI is InChI=1S/C13H10BrClN.Y/c1-9-12(15)7-8-13(16(9)2)10-5-3-4-6-11(10)14;/h3-7H,1H2,2H3;/q-1;. The molecule has 1 aliphatic rings. The van der Waals surface area contributed by atoms with E-state index in [1.807, 2.05) is 36.2 Å². The molecule has 1 aromatic carbocycles. The molecule has 0 aliphatic carbocycles. The molecule has 1 nitrogen and oxygen atoms in total. The van der Waals surface area contributed by atoms with Crippen molar-refractivity contribution in [3.05, 3.63) is 63.8 Å². The third kappa shape index (κ3) is 3.11. The summed E-state index contributed by atoms with van der Waals surface area (Å²) in [5.74, 6) is 0. The van der Waals surface area contributed by atoms with Crippen LogP contribution in [-0.2, 0) is 32.7 Å². The zero-order valence-corrected chi connectivity index (χ0v) is 14.6. The average molecular weight is 384 g/mol. The number of likely N-dealkylation sites (N-methyl/N-ethyl adjacent to an activating group) is 1. The first kappa shape index (κ1) is 15.2. The third-order valence-corrected chi connectivity index (χ3v) is 3.50. The number of benzene rings is 1. The molecule has 1 heterocycles. The first-order valence-corrected chi connectivity index (χ1v) is 5.95. The number of rotatable bonds is 1. The summed E-state index contributed by atoms with van der Waals surface area (Å²) in [4.78, 5) is 1.93. The second kappa shape index (κ2) is 6.33. The van der Waals surface area contributed by atoms with Gasteiger partial charge in [0.05, 0.1) is 0 Å². The Labute approximate surface area is 140 Å². The molecule has 1 aromatic rings. The third-order valence-electron chi connectivity index (χ3n) is 2.48. The second-order valence-corrected chi connectivity index (χ2v) is 4.73. The van der Waals surface area contributed by atoms with Crippen molar-refractivity contribution in [1.29, 1.82) is 0 Å². The van der Waals surface area contributed by atoms with E-state index in [2.05, 4.69) is 28.6 Å². The molecule has 0 fully saturated rings. The van der Waals surface area contributed by atoms with Crippen molar-refractivity contribution in [1.82, 2.24) is 4.90 Å². The molecule has 0 amide bonds. The molecule has 0 saturated carbocycles. The first-order chi connectivity index (χ1) is 7.61. The minimum absolute atomic E-state index is 0. The minimum Gasteiger partial charge on any atom is -0.377 e. The Morgan fingerprint density at radius 3 is 2.65 bits per heavy atom. The Hall–Kier alpha value is 0.114. The molecule has 0 saturated heterocycles. The Kier molecular flexibility index (Phi) is 5.65. The molecular formula is C13H10BrClNY-. The summed E-state index contributed by atoms with van der Waals surface area (Å²) in [6.07, 6.45) is 4.91. The van der Waals surface area contributed by atoms with E-state index in [4.69, 9.17) is 11.6 Å². The number of halogens is 2. The van der Waals surface area contributed by atoms with Crippen LogP contribution in [0, 0.1) is 6.08 Å². The van der Waals surface area contributed by atoms with E-state index < -0.39 is 0 Å². The summed E-state index contributed by atoms with van der Waals surface area (Å²) in [7, 11) is 1.93. The minimum atomic E-state index is 0. The van der Waals surface area contributed by atoms with Gasteiger partial charge in [0, 0.05) is 39.8 Å². The maximum absolute atomic E-state index is 5.99. The van der Waals surface area contributed by atoms with Crippen molar-refractivity contribution >= 4 is 33.2 Å². The van der Waals surface area contributed by atoms with Crippen LogP contribution in [0.4, 0.5) is 0 Å². The van der Waals surface area contributed by atoms with Crippen molar-refractivity contribution < 1.29 is 32.7 Å². The van der Waals surface area contributed by atoms with Gasteiger partial charge in [-0.1, -0.05) is 52.0 Å². The Bertz CT molecular complexity index is 508. The predicted octanol–water partition coefficient (Wildman–Crippen LogP) is 4.17. The maximum atomic E-state index is 5.99. The van der Waals surface area contributed by atoms with Crippen LogP contribution in [0.1, 0.15) is 5.56 Å². The molecule has 0 N–H and O–H groups in total. The molecule has 17 heavy (non-hydrogen) atoms. The van der Waals surface area contributed by atoms with E-state index >= 15 is 0 Å². The van der Waals surface area contributed by atoms with Crippen LogP contribution in [0.15, 0.2) is 52.1 Å². The SMILES string of the molecule is C=C1C(Cl)=C[C-]=C(c2ccccc2Br)N1C.[Y]. The molecular weight excluding hydrogens is 374 g/mol. The fourth-order valence-electron chi connectivity index (χ4n) is 1.52. The fraction of sp³-hybridized carbons (Fsp3) is 0.0769. The van der Waals surface area contributed by atoms with Crippen molar-refractivity contribution in [2.24, 2.45) is 0 Å². The molecule has 0 spiro atoms. The van der Waals surface area contributed by atoms with Gasteiger partial charge >= 0.3 is 0 Å². The van der Waals surface area contributed by atoms with Crippen LogP contribution >= 0.6 is 27.5 Å². The van der Waals surface area contributed by atoms with Crippen LogP contribution in [0.2, 0.25) is 0 Å². The summed E-state index contributed by atoms with van der Waals surface area (Å²) in [5.41, 5.74) is 2.82. The van der Waals surface area contributed by atoms with Crippen LogP contribution in [-0.4, -0.2) is 11.9 Å². The molecule has 0 bridgehead atoms. The van der Waals surface area contributed by atoms with E-state index in [9.17, 15) is 0 Å². The van der Waals surface area contributed by atoms with Crippen LogP contribution < -0.4 is 0 Å². The summed E-state index contributed by atoms with van der Waals surface area (Å²) >= 11 is 9.51. The Morgan fingerprint density at radius 1 is 1.35 bits per heavy atom. The number of hydrogen-bond donors (Lipinski definition) is 0. The van der Waals surface area contributed by atoms with Crippen LogP contribution in [0.3, 0.4) is 0 Å². The molecule has 0 unspecified atom stereocenters. The molecule has 2 rings (SSSR count). The van der Waals surface area contributed by atoms with Gasteiger partial charge in [0.1, 0.15) is 0 Å².